The Bertz CT molecular complexity index is 564. The highest BCUT2D eigenvalue weighted by Gasteiger charge is 2.21. The highest BCUT2D eigenvalue weighted by molar-refractivity contribution is 9.10. The molecule has 0 spiro atoms. The lowest BCUT2D eigenvalue weighted by molar-refractivity contribution is 0.0690. The molecule has 0 fully saturated rings. The predicted molar refractivity (Wildman–Crippen MR) is 66.2 cm³/mol. The number of aromatic nitrogens is 2. The van der Waals surface area contributed by atoms with E-state index in [4.69, 9.17) is 16.7 Å². The number of halogens is 2. The van der Waals surface area contributed by atoms with Crippen molar-refractivity contribution in [3.8, 4) is 10.6 Å². The number of thiophene rings is 1. The second-order valence-corrected chi connectivity index (χ2v) is 5.27. The first-order valence-electron chi connectivity index (χ1n) is 4.21. The zero-order chi connectivity index (χ0) is 11.9. The summed E-state index contributed by atoms with van der Waals surface area (Å²) in [4.78, 5) is 11.7. The van der Waals surface area contributed by atoms with E-state index in [1.54, 1.807) is 7.05 Å². The Balaban J connectivity index is 2.61. The van der Waals surface area contributed by atoms with Gasteiger partial charge in [0.15, 0.2) is 5.69 Å². The second-order valence-electron chi connectivity index (χ2n) is 3.07. The van der Waals surface area contributed by atoms with Gasteiger partial charge < -0.3 is 5.11 Å². The Hall–Kier alpha value is -0.850. The van der Waals surface area contributed by atoms with Gasteiger partial charge in [0.2, 0.25) is 0 Å². The molecule has 16 heavy (non-hydrogen) atoms. The minimum absolute atomic E-state index is 0.122. The number of rotatable bonds is 2. The SMILES string of the molecule is Cn1nc(C(=O)O)c(Cl)c1-c1cc(Br)cs1. The lowest BCUT2D eigenvalue weighted by Crippen LogP contribution is -1.99. The number of carbonyl (C=O) groups is 1. The fourth-order valence-corrected chi connectivity index (χ4v) is 3.25. The molecule has 2 rings (SSSR count). The van der Waals surface area contributed by atoms with Gasteiger partial charge in [-0.3, -0.25) is 4.68 Å². The van der Waals surface area contributed by atoms with E-state index >= 15 is 0 Å². The Kier molecular flexibility index (Phi) is 3.05. The Morgan fingerprint density at radius 3 is 2.81 bits per heavy atom. The van der Waals surface area contributed by atoms with Crippen LogP contribution in [0.25, 0.3) is 10.6 Å². The number of aromatic carboxylic acids is 1. The number of nitrogens with zero attached hydrogens (tertiary/aromatic N) is 2. The Morgan fingerprint density at radius 1 is 1.69 bits per heavy atom. The fourth-order valence-electron chi connectivity index (χ4n) is 1.34. The molecule has 4 nitrogen and oxygen atoms in total. The molecule has 7 heteroatoms. The molecule has 84 valence electrons. The Morgan fingerprint density at radius 2 is 2.38 bits per heavy atom. The molecule has 0 radical (unpaired) electrons. The molecule has 0 aliphatic rings. The van der Waals surface area contributed by atoms with Gasteiger partial charge in [-0.1, -0.05) is 11.6 Å². The van der Waals surface area contributed by atoms with Crippen molar-refractivity contribution in [2.45, 2.75) is 0 Å². The lowest BCUT2D eigenvalue weighted by Gasteiger charge is -1.97. The van der Waals surface area contributed by atoms with Gasteiger partial charge in [0.1, 0.15) is 5.02 Å². The summed E-state index contributed by atoms with van der Waals surface area (Å²) in [6.45, 7) is 0. The van der Waals surface area contributed by atoms with Gasteiger partial charge in [0, 0.05) is 16.9 Å². The van der Waals surface area contributed by atoms with Gasteiger partial charge in [0.25, 0.3) is 0 Å². The van der Waals surface area contributed by atoms with E-state index in [9.17, 15) is 4.79 Å². The topological polar surface area (TPSA) is 55.1 Å². The molecule has 0 bridgehead atoms. The van der Waals surface area contributed by atoms with Gasteiger partial charge in [0.05, 0.1) is 10.6 Å². The average Bonchev–Trinajstić information content (AvgIpc) is 2.71. The standard InChI is InChI=1S/C9H6BrClN2O2S/c1-13-8(5-2-4(10)3-16-5)6(11)7(12-13)9(14)15/h2-3H,1H3,(H,14,15). The third-order valence-corrected chi connectivity index (χ3v) is 4.05. The minimum atomic E-state index is -1.12. The van der Waals surface area contributed by atoms with E-state index in [2.05, 4.69) is 21.0 Å². The molecule has 0 aliphatic heterocycles. The van der Waals surface area contributed by atoms with Crippen LogP contribution in [0.4, 0.5) is 0 Å². The first-order chi connectivity index (χ1) is 7.50. The summed E-state index contributed by atoms with van der Waals surface area (Å²) in [5.41, 5.74) is 0.499. The van der Waals surface area contributed by atoms with Crippen LogP contribution in [-0.4, -0.2) is 20.9 Å². The molecule has 0 amide bonds. The van der Waals surface area contributed by atoms with E-state index < -0.39 is 5.97 Å². The van der Waals surface area contributed by atoms with Crippen LogP contribution in [0.3, 0.4) is 0 Å². The van der Waals surface area contributed by atoms with Crippen LogP contribution in [0, 0.1) is 0 Å². The van der Waals surface area contributed by atoms with Crippen LogP contribution in [-0.2, 0) is 7.05 Å². The third-order valence-electron chi connectivity index (χ3n) is 1.99. The first kappa shape index (κ1) is 11.6. The lowest BCUT2D eigenvalue weighted by atomic mass is 10.3. The fraction of sp³-hybridized carbons (Fsp3) is 0.111. The van der Waals surface area contributed by atoms with Gasteiger partial charge in [-0.15, -0.1) is 11.3 Å². The van der Waals surface area contributed by atoms with Gasteiger partial charge >= 0.3 is 5.97 Å². The number of hydrogen-bond acceptors (Lipinski definition) is 3. The number of carboxylic acid groups (broad SMARTS) is 1. The maximum atomic E-state index is 10.9. The number of carboxylic acids is 1. The van der Waals surface area contributed by atoms with Crippen molar-refractivity contribution in [3.63, 3.8) is 0 Å². The summed E-state index contributed by atoms with van der Waals surface area (Å²) in [5, 5.41) is 14.8. The van der Waals surface area contributed by atoms with E-state index in [1.807, 2.05) is 11.4 Å². The maximum absolute atomic E-state index is 10.9. The summed E-state index contributed by atoms with van der Waals surface area (Å²) in [6.07, 6.45) is 0. The minimum Gasteiger partial charge on any atom is -0.476 e. The van der Waals surface area contributed by atoms with Gasteiger partial charge in [-0.25, -0.2) is 4.79 Å². The largest absolute Gasteiger partial charge is 0.476 e. The molecular weight excluding hydrogens is 316 g/mol. The molecule has 0 saturated heterocycles. The van der Waals surface area contributed by atoms with E-state index in [1.165, 1.54) is 16.0 Å². The molecule has 0 unspecified atom stereocenters. The molecule has 1 N–H and O–H groups in total. The van der Waals surface area contributed by atoms with E-state index in [0.29, 0.717) is 5.69 Å². The molecular formula is C9H6BrClN2O2S. The summed E-state index contributed by atoms with van der Waals surface area (Å²) < 4.78 is 2.41. The molecule has 2 aromatic rings. The van der Waals surface area contributed by atoms with Crippen molar-refractivity contribution in [2.24, 2.45) is 7.05 Å². The zero-order valence-corrected chi connectivity index (χ0v) is 11.2. The van der Waals surface area contributed by atoms with Crippen LogP contribution in [0.15, 0.2) is 15.9 Å². The number of aryl methyl sites for hydroxylation is 1. The molecule has 0 saturated carbocycles. The van der Waals surface area contributed by atoms with E-state index in [-0.39, 0.29) is 10.7 Å². The maximum Gasteiger partial charge on any atom is 0.358 e. The second kappa shape index (κ2) is 4.20. The van der Waals surface area contributed by atoms with Crippen molar-refractivity contribution in [1.29, 1.82) is 0 Å². The summed E-state index contributed by atoms with van der Waals surface area (Å²) >= 11 is 10.8. The van der Waals surface area contributed by atoms with Gasteiger partial charge in [-0.05, 0) is 22.0 Å². The van der Waals surface area contributed by atoms with Crippen molar-refractivity contribution >= 4 is 44.8 Å². The Labute approximate surface area is 109 Å². The van der Waals surface area contributed by atoms with Crippen molar-refractivity contribution in [3.05, 3.63) is 26.6 Å². The third kappa shape index (κ3) is 1.88. The monoisotopic (exact) mass is 320 g/mol. The first-order valence-corrected chi connectivity index (χ1v) is 6.26. The van der Waals surface area contributed by atoms with Crippen molar-refractivity contribution in [1.82, 2.24) is 9.78 Å². The van der Waals surface area contributed by atoms with Crippen LogP contribution >= 0.6 is 38.9 Å². The normalized spacial score (nSPS) is 10.7. The summed E-state index contributed by atoms with van der Waals surface area (Å²) in [5.74, 6) is -1.12. The van der Waals surface area contributed by atoms with Crippen LogP contribution < -0.4 is 0 Å². The summed E-state index contributed by atoms with van der Waals surface area (Å²) in [7, 11) is 1.67. The summed E-state index contributed by atoms with van der Waals surface area (Å²) in [6, 6.07) is 1.87. The number of hydrogen-bond donors (Lipinski definition) is 1. The quantitative estimate of drug-likeness (QED) is 0.923. The van der Waals surface area contributed by atoms with Crippen LogP contribution in [0.2, 0.25) is 5.02 Å². The average molecular weight is 322 g/mol. The molecule has 0 atom stereocenters. The van der Waals surface area contributed by atoms with Crippen LogP contribution in [0.1, 0.15) is 10.5 Å². The highest BCUT2D eigenvalue weighted by Crippen LogP contribution is 2.35. The smallest absolute Gasteiger partial charge is 0.358 e. The molecule has 2 heterocycles. The molecule has 0 aliphatic carbocycles. The van der Waals surface area contributed by atoms with Crippen LogP contribution in [0.5, 0.6) is 0 Å². The van der Waals surface area contributed by atoms with Gasteiger partial charge in [-0.2, -0.15) is 5.10 Å². The highest BCUT2D eigenvalue weighted by atomic mass is 79.9. The van der Waals surface area contributed by atoms with Crippen molar-refractivity contribution in [2.75, 3.05) is 0 Å². The predicted octanol–water partition coefficient (Wildman–Crippen LogP) is 3.26. The zero-order valence-electron chi connectivity index (χ0n) is 8.07. The van der Waals surface area contributed by atoms with E-state index in [0.717, 1.165) is 9.35 Å². The molecule has 2 aromatic heterocycles. The van der Waals surface area contributed by atoms with Crippen molar-refractivity contribution < 1.29 is 9.90 Å². The molecule has 0 aromatic carbocycles.